The number of aryl methyl sites for hydroxylation is 6. The van der Waals surface area contributed by atoms with Gasteiger partial charge >= 0.3 is 12.4 Å². The minimum atomic E-state index is -5.11. The van der Waals surface area contributed by atoms with Crippen LogP contribution in [0.15, 0.2) is 164 Å². The lowest BCUT2D eigenvalue weighted by atomic mass is 9.92. The van der Waals surface area contributed by atoms with Crippen LogP contribution >= 0.6 is 0 Å². The van der Waals surface area contributed by atoms with Crippen molar-refractivity contribution in [3.63, 3.8) is 0 Å². The van der Waals surface area contributed by atoms with Gasteiger partial charge in [-0.25, -0.2) is 0 Å². The molecule has 0 aliphatic heterocycles. The second-order valence-electron chi connectivity index (χ2n) is 19.0. The van der Waals surface area contributed by atoms with Gasteiger partial charge in [-0.15, -0.1) is 0 Å². The van der Waals surface area contributed by atoms with Crippen molar-refractivity contribution in [2.24, 2.45) is 0 Å². The first-order chi connectivity index (χ1) is 34.4. The quantitative estimate of drug-likeness (QED) is 0.153. The number of halogens is 6. The van der Waals surface area contributed by atoms with Crippen molar-refractivity contribution in [3.05, 3.63) is 214 Å². The molecule has 0 aliphatic carbocycles. The van der Waals surface area contributed by atoms with Gasteiger partial charge in [-0.3, -0.25) is 0 Å². The molecule has 2 aromatic heterocycles. The number of alkyl halides is 6. The van der Waals surface area contributed by atoms with Crippen molar-refractivity contribution in [2.75, 3.05) is 0 Å². The van der Waals surface area contributed by atoms with Crippen LogP contribution in [0.25, 0.3) is 99.5 Å². The third-order valence-electron chi connectivity index (χ3n) is 14.1. The molecule has 0 radical (unpaired) electrons. The van der Waals surface area contributed by atoms with Gasteiger partial charge in [-0.2, -0.15) is 31.6 Å². The smallest absolute Gasteiger partial charge is 0.309 e. The molecule has 0 unspecified atom stereocenters. The van der Waals surface area contributed by atoms with E-state index in [2.05, 4.69) is 113 Å². The molecular weight excluding hydrogens is 913 g/mol. The van der Waals surface area contributed by atoms with Crippen molar-refractivity contribution in [1.29, 1.82) is 5.26 Å². The average molecular weight is 958 g/mol. The third-order valence-corrected chi connectivity index (χ3v) is 14.1. The van der Waals surface area contributed by atoms with E-state index in [9.17, 15) is 18.4 Å². The monoisotopic (exact) mass is 957 g/mol. The second-order valence-corrected chi connectivity index (χ2v) is 19.0. The number of hydrogen-bond acceptors (Lipinski definition) is 1. The predicted octanol–water partition coefficient (Wildman–Crippen LogP) is 18.3. The SMILES string of the molecule is Cc1cc(C)c(-c2ccc3c(c2)c2ccccc2n3-c2cc(C#N)ccc2-c2ccc(-c3ccc(C(F)(F)F)cc3C(F)(F)F)cc2-n2c3ccccc3c3cc(-c4c(C)cc(C)cc4C)ccc32)c(C)c1. The summed E-state index contributed by atoms with van der Waals surface area (Å²) in [5, 5.41) is 14.3. The van der Waals surface area contributed by atoms with Crippen LogP contribution in [-0.4, -0.2) is 9.13 Å². The Labute approximate surface area is 412 Å². The molecule has 0 N–H and O–H groups in total. The molecule has 0 saturated carbocycles. The molecule has 11 rings (SSSR count). The van der Waals surface area contributed by atoms with Gasteiger partial charge in [0.2, 0.25) is 0 Å². The highest BCUT2D eigenvalue weighted by molar-refractivity contribution is 6.13. The van der Waals surface area contributed by atoms with Crippen molar-refractivity contribution < 1.29 is 26.3 Å². The van der Waals surface area contributed by atoms with Crippen molar-refractivity contribution in [3.8, 4) is 62.0 Å². The molecular formula is C63H45F6N3. The molecule has 0 atom stereocenters. The largest absolute Gasteiger partial charge is 0.417 e. The van der Waals surface area contributed by atoms with Gasteiger partial charge in [0, 0.05) is 32.7 Å². The van der Waals surface area contributed by atoms with Crippen LogP contribution in [0, 0.1) is 52.9 Å². The lowest BCUT2D eigenvalue weighted by Gasteiger charge is -2.21. The number of aromatic nitrogens is 2. The average Bonchev–Trinajstić information content (AvgIpc) is 3.84. The van der Waals surface area contributed by atoms with Gasteiger partial charge in [0.15, 0.2) is 0 Å². The lowest BCUT2D eigenvalue weighted by Crippen LogP contribution is -2.12. The van der Waals surface area contributed by atoms with E-state index in [0.717, 1.165) is 99.7 Å². The van der Waals surface area contributed by atoms with E-state index >= 15 is 13.2 Å². The van der Waals surface area contributed by atoms with E-state index in [-0.39, 0.29) is 11.6 Å². The minimum Gasteiger partial charge on any atom is -0.309 e. The Hall–Kier alpha value is -8.35. The van der Waals surface area contributed by atoms with E-state index < -0.39 is 29.0 Å². The summed E-state index contributed by atoms with van der Waals surface area (Å²) in [4.78, 5) is 0. The van der Waals surface area contributed by atoms with Crippen molar-refractivity contribution in [2.45, 2.75) is 53.9 Å². The van der Waals surface area contributed by atoms with Gasteiger partial charge in [0.25, 0.3) is 0 Å². The standard InChI is InChI=1S/C63H45F6N3/c1-35-25-37(3)60(38(4)26-35)43-17-23-56-51(30-43)47-11-7-9-13-54(47)71(56)58-29-41(34-70)15-20-49(58)50-21-16-42(46-22-19-45(62(64,65)66)33-53(46)63(67,68)69)32-59(50)72-55-14-10-8-12-48(55)52-31-44(18-24-57(52)72)61-39(5)27-36(2)28-40(61)6/h7-33H,1-6H3. The zero-order chi connectivity index (χ0) is 50.5. The Kier molecular flexibility index (Phi) is 10.8. The zero-order valence-corrected chi connectivity index (χ0v) is 40.2. The van der Waals surface area contributed by atoms with Crippen LogP contribution in [0.4, 0.5) is 26.3 Å². The molecule has 0 bridgehead atoms. The highest BCUT2D eigenvalue weighted by Crippen LogP contribution is 2.47. The fourth-order valence-corrected chi connectivity index (χ4v) is 11.4. The van der Waals surface area contributed by atoms with Crippen LogP contribution < -0.4 is 0 Å². The fraction of sp³-hybridized carbons (Fsp3) is 0.127. The molecule has 0 fully saturated rings. The summed E-state index contributed by atoms with van der Waals surface area (Å²) in [5.41, 5.74) is 14.2. The number of fused-ring (bicyclic) bond motifs is 6. The highest BCUT2D eigenvalue weighted by atomic mass is 19.4. The van der Waals surface area contributed by atoms with E-state index in [1.807, 2.05) is 65.2 Å². The Morgan fingerprint density at radius 1 is 0.389 bits per heavy atom. The maximum absolute atomic E-state index is 15.0. The summed E-state index contributed by atoms with van der Waals surface area (Å²) in [5.74, 6) is 0. The van der Waals surface area contributed by atoms with Gasteiger partial charge < -0.3 is 9.13 Å². The Balaban J connectivity index is 1.22. The molecule has 72 heavy (non-hydrogen) atoms. The van der Waals surface area contributed by atoms with Crippen LogP contribution in [0.5, 0.6) is 0 Å². The summed E-state index contributed by atoms with van der Waals surface area (Å²) in [7, 11) is 0. The highest BCUT2D eigenvalue weighted by Gasteiger charge is 2.38. The van der Waals surface area contributed by atoms with Gasteiger partial charge in [-0.05, 0) is 164 Å². The van der Waals surface area contributed by atoms with Crippen LogP contribution in [0.3, 0.4) is 0 Å². The number of rotatable bonds is 6. The molecule has 0 aliphatic rings. The summed E-state index contributed by atoms with van der Waals surface area (Å²) in [6, 6.07) is 51.8. The minimum absolute atomic E-state index is 0.0736. The van der Waals surface area contributed by atoms with Crippen LogP contribution in [0.2, 0.25) is 0 Å². The lowest BCUT2D eigenvalue weighted by molar-refractivity contribution is -0.142. The summed E-state index contributed by atoms with van der Waals surface area (Å²) < 4.78 is 91.3. The number of para-hydroxylation sites is 2. The molecule has 2 heterocycles. The number of hydrogen-bond donors (Lipinski definition) is 0. The van der Waals surface area contributed by atoms with E-state index in [1.54, 1.807) is 18.2 Å². The molecule has 11 aromatic rings. The fourth-order valence-electron chi connectivity index (χ4n) is 11.4. The van der Waals surface area contributed by atoms with E-state index in [1.165, 1.54) is 11.6 Å². The van der Waals surface area contributed by atoms with Gasteiger partial charge in [-0.1, -0.05) is 108 Å². The van der Waals surface area contributed by atoms with E-state index in [0.29, 0.717) is 34.1 Å². The normalized spacial score (nSPS) is 12.2. The van der Waals surface area contributed by atoms with E-state index in [4.69, 9.17) is 0 Å². The molecule has 9 aromatic carbocycles. The number of nitriles is 1. The first kappa shape index (κ1) is 46.1. The molecule has 0 saturated heterocycles. The molecule has 0 amide bonds. The van der Waals surface area contributed by atoms with Crippen molar-refractivity contribution in [1.82, 2.24) is 9.13 Å². The Morgan fingerprint density at radius 2 is 0.819 bits per heavy atom. The second kappa shape index (κ2) is 16.9. The predicted molar refractivity (Wildman–Crippen MR) is 280 cm³/mol. The first-order valence-corrected chi connectivity index (χ1v) is 23.6. The van der Waals surface area contributed by atoms with Crippen molar-refractivity contribution >= 4 is 43.6 Å². The Bertz CT molecular complexity index is 4050. The summed E-state index contributed by atoms with van der Waals surface area (Å²) in [6.07, 6.45) is -10.1. The van der Waals surface area contributed by atoms with Gasteiger partial charge in [0.05, 0.1) is 56.2 Å². The maximum Gasteiger partial charge on any atom is 0.417 e. The number of benzene rings is 9. The molecule has 0 spiro atoms. The van der Waals surface area contributed by atoms with Crippen LogP contribution in [0.1, 0.15) is 50.1 Å². The topological polar surface area (TPSA) is 33.6 Å². The third kappa shape index (κ3) is 7.61. The maximum atomic E-state index is 15.0. The molecule has 9 heteroatoms. The number of nitrogens with zero attached hydrogens (tertiary/aromatic N) is 3. The summed E-state index contributed by atoms with van der Waals surface area (Å²) in [6.45, 7) is 12.6. The zero-order valence-electron chi connectivity index (χ0n) is 40.2. The van der Waals surface area contributed by atoms with Crippen LogP contribution in [-0.2, 0) is 12.4 Å². The first-order valence-electron chi connectivity index (χ1n) is 23.6. The van der Waals surface area contributed by atoms with Gasteiger partial charge in [0.1, 0.15) is 0 Å². The molecule has 3 nitrogen and oxygen atoms in total. The molecule has 354 valence electrons. The summed E-state index contributed by atoms with van der Waals surface area (Å²) >= 11 is 0. The Morgan fingerprint density at radius 3 is 1.29 bits per heavy atom.